The largest absolute Gasteiger partial charge is 0.351 e. The second-order valence-corrected chi connectivity index (χ2v) is 1.51. The fraction of sp³-hybridized carbons (Fsp3) is 0.800. The fourth-order valence-electron chi connectivity index (χ4n) is 0.535. The van der Waals surface area contributed by atoms with Gasteiger partial charge in [0.05, 0.1) is 0 Å². The zero-order valence-electron chi connectivity index (χ0n) is 6.35. The molecule has 0 unspecified atom stereocenters. The SMILES string of the molecule is CCN(CC)C(N)=O.[K]. The quantitative estimate of drug-likeness (QED) is 0.562. The van der Waals surface area contributed by atoms with Crippen LogP contribution < -0.4 is 5.73 Å². The van der Waals surface area contributed by atoms with Crippen LogP contribution in [-0.2, 0) is 0 Å². The van der Waals surface area contributed by atoms with E-state index in [9.17, 15) is 4.79 Å². The van der Waals surface area contributed by atoms with Gasteiger partial charge in [0.25, 0.3) is 0 Å². The van der Waals surface area contributed by atoms with Crippen LogP contribution in [0, 0.1) is 0 Å². The Kier molecular flexibility index (Phi) is 9.80. The van der Waals surface area contributed by atoms with Crippen LogP contribution in [0.15, 0.2) is 0 Å². The topological polar surface area (TPSA) is 46.3 Å². The van der Waals surface area contributed by atoms with E-state index in [4.69, 9.17) is 5.73 Å². The third-order valence-corrected chi connectivity index (χ3v) is 1.08. The molecule has 0 heterocycles. The van der Waals surface area contributed by atoms with Crippen LogP contribution in [0.25, 0.3) is 0 Å². The third kappa shape index (κ3) is 5.36. The summed E-state index contributed by atoms with van der Waals surface area (Å²) in [5.74, 6) is 0. The molecule has 0 aliphatic carbocycles. The van der Waals surface area contributed by atoms with Crippen molar-refractivity contribution in [1.29, 1.82) is 0 Å². The maximum atomic E-state index is 10.3. The first-order valence-corrected chi connectivity index (χ1v) is 2.76. The number of primary amides is 1. The second kappa shape index (κ2) is 7.02. The Morgan fingerprint density at radius 1 is 1.44 bits per heavy atom. The Morgan fingerprint density at radius 3 is 1.78 bits per heavy atom. The number of carbonyl (C=O) groups is 1. The van der Waals surface area contributed by atoms with Gasteiger partial charge in [0.15, 0.2) is 0 Å². The molecule has 1 radical (unpaired) electrons. The normalized spacial score (nSPS) is 7.78. The first-order chi connectivity index (χ1) is 3.72. The van der Waals surface area contributed by atoms with Gasteiger partial charge in [-0.05, 0) is 13.8 Å². The van der Waals surface area contributed by atoms with Crippen molar-refractivity contribution in [3.05, 3.63) is 0 Å². The third-order valence-electron chi connectivity index (χ3n) is 1.08. The van der Waals surface area contributed by atoms with Crippen LogP contribution in [0.1, 0.15) is 13.8 Å². The van der Waals surface area contributed by atoms with Crippen molar-refractivity contribution in [2.24, 2.45) is 5.73 Å². The Bertz CT molecular complexity index is 83.0. The summed E-state index contributed by atoms with van der Waals surface area (Å²) in [6.45, 7) is 5.19. The molecule has 9 heavy (non-hydrogen) atoms. The molecule has 0 bridgehead atoms. The maximum Gasteiger partial charge on any atom is 0.314 e. The number of rotatable bonds is 2. The minimum Gasteiger partial charge on any atom is -0.351 e. The summed E-state index contributed by atoms with van der Waals surface area (Å²) in [5, 5.41) is 0. The maximum absolute atomic E-state index is 10.3. The van der Waals surface area contributed by atoms with Gasteiger partial charge in [-0.25, -0.2) is 4.79 Å². The van der Waals surface area contributed by atoms with Crippen LogP contribution in [-0.4, -0.2) is 75.4 Å². The molecule has 2 amide bonds. The van der Waals surface area contributed by atoms with Gasteiger partial charge in [-0.1, -0.05) is 0 Å². The summed E-state index contributed by atoms with van der Waals surface area (Å²) in [4.78, 5) is 11.9. The summed E-state index contributed by atoms with van der Waals surface area (Å²) >= 11 is 0. The van der Waals surface area contributed by atoms with Gasteiger partial charge in [-0.2, -0.15) is 0 Å². The molecular formula is C5H12KN2O. The predicted molar refractivity (Wildman–Crippen MR) is 38.3 cm³/mol. The van der Waals surface area contributed by atoms with E-state index in [0.29, 0.717) is 13.1 Å². The number of carbonyl (C=O) groups excluding carboxylic acids is 1. The molecule has 2 N–H and O–H groups in total. The molecule has 4 heteroatoms. The smallest absolute Gasteiger partial charge is 0.314 e. The molecule has 0 spiro atoms. The molecule has 0 aromatic carbocycles. The number of nitrogens with zero attached hydrogens (tertiary/aromatic N) is 1. The van der Waals surface area contributed by atoms with Gasteiger partial charge < -0.3 is 10.6 Å². The number of hydrogen-bond acceptors (Lipinski definition) is 1. The molecule has 0 saturated heterocycles. The molecule has 0 aromatic rings. The summed E-state index contributed by atoms with van der Waals surface area (Å²) in [6, 6.07) is -0.338. The minimum absolute atomic E-state index is 0. The van der Waals surface area contributed by atoms with Crippen molar-refractivity contribution in [2.45, 2.75) is 13.8 Å². The van der Waals surface area contributed by atoms with Crippen molar-refractivity contribution >= 4 is 57.4 Å². The Labute approximate surface area is 98.4 Å². The van der Waals surface area contributed by atoms with Crippen LogP contribution in [0.4, 0.5) is 4.79 Å². The van der Waals surface area contributed by atoms with E-state index in [1.807, 2.05) is 13.8 Å². The molecule has 0 aromatic heterocycles. The van der Waals surface area contributed by atoms with E-state index < -0.39 is 0 Å². The van der Waals surface area contributed by atoms with Crippen molar-refractivity contribution in [3.63, 3.8) is 0 Å². The first-order valence-electron chi connectivity index (χ1n) is 2.76. The predicted octanol–water partition coefficient (Wildman–Crippen LogP) is 0.0261. The van der Waals surface area contributed by atoms with Gasteiger partial charge in [-0.3, -0.25) is 0 Å². The average Bonchev–Trinajstić information content (AvgIpc) is 1.69. The van der Waals surface area contributed by atoms with Crippen LogP contribution in [0.3, 0.4) is 0 Å². The van der Waals surface area contributed by atoms with Crippen molar-refractivity contribution in [1.82, 2.24) is 4.90 Å². The van der Waals surface area contributed by atoms with Crippen LogP contribution in [0.5, 0.6) is 0 Å². The Balaban J connectivity index is 0. The van der Waals surface area contributed by atoms with Gasteiger partial charge in [0, 0.05) is 64.5 Å². The molecule has 0 aliphatic rings. The van der Waals surface area contributed by atoms with Gasteiger partial charge in [0.1, 0.15) is 0 Å². The van der Waals surface area contributed by atoms with E-state index in [2.05, 4.69) is 0 Å². The summed E-state index contributed by atoms with van der Waals surface area (Å²) in [7, 11) is 0. The molecule has 49 valence electrons. The summed E-state index contributed by atoms with van der Waals surface area (Å²) in [5.41, 5.74) is 4.94. The second-order valence-electron chi connectivity index (χ2n) is 1.51. The first kappa shape index (κ1) is 12.6. The average molecular weight is 155 g/mol. The molecule has 0 fully saturated rings. The molecule has 0 saturated carbocycles. The van der Waals surface area contributed by atoms with Crippen LogP contribution >= 0.6 is 0 Å². The molecule has 0 atom stereocenters. The van der Waals surface area contributed by atoms with Crippen molar-refractivity contribution in [3.8, 4) is 0 Å². The van der Waals surface area contributed by atoms with E-state index in [1.54, 1.807) is 4.90 Å². The van der Waals surface area contributed by atoms with Gasteiger partial charge in [0.2, 0.25) is 0 Å². The molecular weight excluding hydrogens is 143 g/mol. The van der Waals surface area contributed by atoms with Crippen LogP contribution in [0.2, 0.25) is 0 Å². The number of hydrogen-bond donors (Lipinski definition) is 1. The number of urea groups is 1. The Morgan fingerprint density at radius 2 is 1.78 bits per heavy atom. The fourth-order valence-corrected chi connectivity index (χ4v) is 0.535. The van der Waals surface area contributed by atoms with E-state index in [1.165, 1.54) is 0 Å². The van der Waals surface area contributed by atoms with E-state index in [-0.39, 0.29) is 57.4 Å². The number of nitrogens with two attached hydrogens (primary N) is 1. The minimum atomic E-state index is -0.338. The van der Waals surface area contributed by atoms with Gasteiger partial charge in [-0.15, -0.1) is 0 Å². The van der Waals surface area contributed by atoms with E-state index in [0.717, 1.165) is 0 Å². The molecule has 0 rings (SSSR count). The zero-order valence-corrected chi connectivity index (χ0v) is 9.47. The molecule has 3 nitrogen and oxygen atoms in total. The standard InChI is InChI=1S/C5H12N2O.K/c1-3-7(4-2)5(6)8;/h3-4H2,1-2H3,(H2,6,8);. The monoisotopic (exact) mass is 155 g/mol. The molecule has 0 aliphatic heterocycles. The summed E-state index contributed by atoms with van der Waals surface area (Å²) in [6.07, 6.45) is 0. The number of amides is 2. The van der Waals surface area contributed by atoms with Crippen molar-refractivity contribution < 1.29 is 4.79 Å². The van der Waals surface area contributed by atoms with Crippen molar-refractivity contribution in [2.75, 3.05) is 13.1 Å². The zero-order chi connectivity index (χ0) is 6.57. The van der Waals surface area contributed by atoms with E-state index >= 15 is 0 Å². The Hall–Kier alpha value is 0.906. The van der Waals surface area contributed by atoms with Gasteiger partial charge >= 0.3 is 6.03 Å². The summed E-state index contributed by atoms with van der Waals surface area (Å²) < 4.78 is 0.